The van der Waals surface area contributed by atoms with Crippen molar-refractivity contribution in [2.24, 2.45) is 0 Å². The van der Waals surface area contributed by atoms with Crippen molar-refractivity contribution < 1.29 is 9.53 Å². The van der Waals surface area contributed by atoms with Gasteiger partial charge in [0.15, 0.2) is 0 Å². The first-order chi connectivity index (χ1) is 10.3. The van der Waals surface area contributed by atoms with Crippen molar-refractivity contribution >= 4 is 17.4 Å². The molecule has 1 aliphatic rings. The fourth-order valence-electron chi connectivity index (χ4n) is 2.60. The quantitative estimate of drug-likeness (QED) is 0.922. The molecule has 124 valence electrons. The number of ether oxygens (including phenoxy) is 1. The number of likely N-dealkylation sites (tertiary alicyclic amines) is 1. The number of rotatable bonds is 4. The van der Waals surface area contributed by atoms with Crippen LogP contribution in [0.15, 0.2) is 6.20 Å². The molecule has 1 amide bonds. The second-order valence-corrected chi connectivity index (χ2v) is 8.14. The number of thiazole rings is 1. The van der Waals surface area contributed by atoms with Crippen molar-refractivity contribution in [2.75, 3.05) is 13.1 Å². The lowest BCUT2D eigenvalue weighted by molar-refractivity contribution is 0.00993. The van der Waals surface area contributed by atoms with Crippen LogP contribution in [0, 0.1) is 6.92 Å². The summed E-state index contributed by atoms with van der Waals surface area (Å²) in [5, 5.41) is 4.53. The first kappa shape index (κ1) is 17.2. The standard InChI is InChI=1S/C16H27N3O2S/c1-12-9-18-14(22-12)11-17-10-13-7-5-6-8-19(13)15(20)21-16(2,3)4/h9,13,17H,5-8,10-11H2,1-4H3. The zero-order chi connectivity index (χ0) is 16.2. The summed E-state index contributed by atoms with van der Waals surface area (Å²) in [6.45, 7) is 10.1. The molecule has 1 saturated heterocycles. The average Bonchev–Trinajstić information content (AvgIpc) is 2.83. The van der Waals surface area contributed by atoms with E-state index in [9.17, 15) is 4.79 Å². The van der Waals surface area contributed by atoms with Gasteiger partial charge in [-0.2, -0.15) is 0 Å². The number of nitrogens with one attached hydrogen (secondary N) is 1. The van der Waals surface area contributed by atoms with Crippen molar-refractivity contribution in [1.29, 1.82) is 0 Å². The van der Waals surface area contributed by atoms with Crippen LogP contribution in [-0.2, 0) is 11.3 Å². The van der Waals surface area contributed by atoms with E-state index in [4.69, 9.17) is 4.74 Å². The number of amides is 1. The first-order valence-corrected chi connectivity index (χ1v) is 8.78. The van der Waals surface area contributed by atoms with Crippen molar-refractivity contribution in [3.8, 4) is 0 Å². The molecule has 22 heavy (non-hydrogen) atoms. The summed E-state index contributed by atoms with van der Waals surface area (Å²) in [6, 6.07) is 0.213. The van der Waals surface area contributed by atoms with Gasteiger partial charge in [0.2, 0.25) is 0 Å². The third kappa shape index (κ3) is 5.25. The van der Waals surface area contributed by atoms with Crippen molar-refractivity contribution in [3.05, 3.63) is 16.1 Å². The van der Waals surface area contributed by atoms with Gasteiger partial charge in [-0.3, -0.25) is 0 Å². The van der Waals surface area contributed by atoms with Crippen LogP contribution in [0.4, 0.5) is 4.79 Å². The molecule has 1 aromatic heterocycles. The Kier molecular flexibility index (Phi) is 5.81. The van der Waals surface area contributed by atoms with Crippen LogP contribution in [0.3, 0.4) is 0 Å². The minimum Gasteiger partial charge on any atom is -0.444 e. The van der Waals surface area contributed by atoms with Gasteiger partial charge in [0.1, 0.15) is 10.6 Å². The van der Waals surface area contributed by atoms with E-state index >= 15 is 0 Å². The minimum atomic E-state index is -0.440. The monoisotopic (exact) mass is 325 g/mol. The maximum absolute atomic E-state index is 12.3. The zero-order valence-electron chi connectivity index (χ0n) is 14.0. The number of nitrogens with zero attached hydrogens (tertiary/aromatic N) is 2. The Hall–Kier alpha value is -1.14. The van der Waals surface area contributed by atoms with Gasteiger partial charge in [0.05, 0.1) is 0 Å². The predicted molar refractivity (Wildman–Crippen MR) is 89.1 cm³/mol. The molecule has 1 unspecified atom stereocenters. The normalized spacial score (nSPS) is 19.3. The van der Waals surface area contributed by atoms with Crippen LogP contribution < -0.4 is 5.32 Å². The number of carbonyl (C=O) groups is 1. The van der Waals surface area contributed by atoms with E-state index in [1.54, 1.807) is 11.3 Å². The Morgan fingerprint density at radius 1 is 1.50 bits per heavy atom. The molecule has 0 bridgehead atoms. The van der Waals surface area contributed by atoms with E-state index < -0.39 is 5.60 Å². The lowest BCUT2D eigenvalue weighted by Crippen LogP contribution is -2.50. The Morgan fingerprint density at radius 2 is 2.27 bits per heavy atom. The molecular formula is C16H27N3O2S. The summed E-state index contributed by atoms with van der Waals surface area (Å²) in [5.74, 6) is 0. The van der Waals surface area contributed by atoms with Gasteiger partial charge >= 0.3 is 6.09 Å². The van der Waals surface area contributed by atoms with Gasteiger partial charge in [0, 0.05) is 36.8 Å². The molecule has 0 saturated carbocycles. The molecule has 1 N–H and O–H groups in total. The SMILES string of the molecule is Cc1cnc(CNCC2CCCCN2C(=O)OC(C)(C)C)s1. The maximum Gasteiger partial charge on any atom is 0.410 e. The van der Waals surface area contributed by atoms with Crippen LogP contribution in [-0.4, -0.2) is 40.7 Å². The van der Waals surface area contributed by atoms with Gasteiger partial charge < -0.3 is 15.0 Å². The van der Waals surface area contributed by atoms with Crippen molar-refractivity contribution in [1.82, 2.24) is 15.2 Å². The van der Waals surface area contributed by atoms with E-state index in [-0.39, 0.29) is 12.1 Å². The fraction of sp³-hybridized carbons (Fsp3) is 0.750. The smallest absolute Gasteiger partial charge is 0.410 e. The van der Waals surface area contributed by atoms with Crippen LogP contribution in [0.25, 0.3) is 0 Å². The number of piperidine rings is 1. The largest absolute Gasteiger partial charge is 0.444 e. The third-order valence-electron chi connectivity index (χ3n) is 3.58. The fourth-order valence-corrected chi connectivity index (χ4v) is 3.36. The number of aromatic nitrogens is 1. The number of aryl methyl sites for hydroxylation is 1. The van der Waals surface area contributed by atoms with Crippen molar-refractivity contribution in [3.63, 3.8) is 0 Å². The van der Waals surface area contributed by atoms with Crippen LogP contribution >= 0.6 is 11.3 Å². The molecule has 2 rings (SSSR count). The zero-order valence-corrected chi connectivity index (χ0v) is 14.8. The van der Waals surface area contributed by atoms with Gasteiger partial charge in [-0.1, -0.05) is 0 Å². The van der Waals surface area contributed by atoms with Gasteiger partial charge in [-0.15, -0.1) is 11.3 Å². The third-order valence-corrected chi connectivity index (χ3v) is 4.49. The van der Waals surface area contributed by atoms with Crippen LogP contribution in [0.5, 0.6) is 0 Å². The van der Waals surface area contributed by atoms with Gasteiger partial charge in [-0.05, 0) is 47.0 Å². The Bertz CT molecular complexity index is 496. The van der Waals surface area contributed by atoms with E-state index in [1.165, 1.54) is 11.3 Å². The first-order valence-electron chi connectivity index (χ1n) is 7.97. The average molecular weight is 325 g/mol. The molecule has 1 aliphatic heterocycles. The Balaban J connectivity index is 1.85. The highest BCUT2D eigenvalue weighted by Crippen LogP contribution is 2.20. The minimum absolute atomic E-state index is 0.191. The summed E-state index contributed by atoms with van der Waals surface area (Å²) >= 11 is 1.71. The molecule has 0 radical (unpaired) electrons. The molecule has 1 aromatic rings. The van der Waals surface area contributed by atoms with E-state index in [0.717, 1.165) is 37.5 Å². The number of hydrogen-bond acceptors (Lipinski definition) is 5. The molecule has 1 fully saturated rings. The van der Waals surface area contributed by atoms with Gasteiger partial charge in [-0.25, -0.2) is 9.78 Å². The maximum atomic E-state index is 12.3. The molecule has 6 heteroatoms. The predicted octanol–water partition coefficient (Wildman–Crippen LogP) is 3.33. The van der Waals surface area contributed by atoms with Crippen LogP contribution in [0.2, 0.25) is 0 Å². The summed E-state index contributed by atoms with van der Waals surface area (Å²) < 4.78 is 5.52. The van der Waals surface area contributed by atoms with Crippen molar-refractivity contribution in [2.45, 2.75) is 65.1 Å². The number of carbonyl (C=O) groups excluding carboxylic acids is 1. The molecule has 2 heterocycles. The summed E-state index contributed by atoms with van der Waals surface area (Å²) in [6.07, 6.45) is 4.96. The molecule has 1 atom stereocenters. The van der Waals surface area contributed by atoms with E-state index in [0.29, 0.717) is 0 Å². The highest BCUT2D eigenvalue weighted by atomic mass is 32.1. The topological polar surface area (TPSA) is 54.5 Å². The lowest BCUT2D eigenvalue weighted by Gasteiger charge is -2.36. The summed E-state index contributed by atoms with van der Waals surface area (Å²) in [7, 11) is 0. The number of hydrogen-bond donors (Lipinski definition) is 1. The lowest BCUT2D eigenvalue weighted by atomic mass is 10.0. The molecule has 0 aliphatic carbocycles. The summed E-state index contributed by atoms with van der Waals surface area (Å²) in [4.78, 5) is 19.8. The second-order valence-electron chi connectivity index (χ2n) is 6.82. The van der Waals surface area contributed by atoms with E-state index in [1.807, 2.05) is 31.9 Å². The second kappa shape index (κ2) is 7.42. The molecule has 5 nitrogen and oxygen atoms in total. The Labute approximate surface area is 137 Å². The highest BCUT2D eigenvalue weighted by molar-refractivity contribution is 7.11. The van der Waals surface area contributed by atoms with Gasteiger partial charge in [0.25, 0.3) is 0 Å². The molecule has 0 spiro atoms. The highest BCUT2D eigenvalue weighted by Gasteiger charge is 2.30. The molecular weight excluding hydrogens is 298 g/mol. The van der Waals surface area contributed by atoms with E-state index in [2.05, 4.69) is 17.2 Å². The van der Waals surface area contributed by atoms with Crippen LogP contribution in [0.1, 0.15) is 49.9 Å². The molecule has 0 aromatic carbocycles. The summed E-state index contributed by atoms with van der Waals surface area (Å²) in [5.41, 5.74) is -0.440. The Morgan fingerprint density at radius 3 is 2.91 bits per heavy atom.